The molecule has 132 valence electrons. The molecule has 1 unspecified atom stereocenters. The van der Waals surface area contributed by atoms with Crippen LogP contribution in [0, 0.1) is 6.92 Å². The molecule has 0 amide bonds. The van der Waals surface area contributed by atoms with Crippen molar-refractivity contribution in [1.82, 2.24) is 15.0 Å². The summed E-state index contributed by atoms with van der Waals surface area (Å²) in [5.41, 5.74) is 11.8. The molecule has 3 aromatic rings. The lowest BCUT2D eigenvalue weighted by atomic mass is 10.2. The van der Waals surface area contributed by atoms with E-state index in [0.717, 1.165) is 26.7 Å². The first-order valence-electron chi connectivity index (χ1n) is 7.18. The fourth-order valence-electron chi connectivity index (χ4n) is 2.24. The van der Waals surface area contributed by atoms with E-state index in [9.17, 15) is 13.2 Å². The van der Waals surface area contributed by atoms with Gasteiger partial charge in [-0.3, -0.25) is 4.98 Å². The number of rotatable bonds is 3. The summed E-state index contributed by atoms with van der Waals surface area (Å²) in [4.78, 5) is 12.8. The van der Waals surface area contributed by atoms with Gasteiger partial charge in [-0.05, 0) is 19.9 Å². The number of thioether (sulfide) groups is 1. The highest BCUT2D eigenvalue weighted by molar-refractivity contribution is 7.99. The van der Waals surface area contributed by atoms with Crippen LogP contribution in [0.1, 0.15) is 28.4 Å². The summed E-state index contributed by atoms with van der Waals surface area (Å²) in [6.07, 6.45) is -2.85. The third-order valence-corrected chi connectivity index (χ3v) is 5.60. The number of nitrogens with zero attached hydrogens (tertiary/aromatic N) is 3. The number of nitrogen functional groups attached to an aromatic ring is 2. The van der Waals surface area contributed by atoms with Crippen LogP contribution in [-0.4, -0.2) is 15.0 Å². The first-order valence-corrected chi connectivity index (χ1v) is 8.87. The summed E-state index contributed by atoms with van der Waals surface area (Å²) in [6.45, 7) is 3.74. The van der Waals surface area contributed by atoms with Crippen molar-refractivity contribution in [2.45, 2.75) is 30.4 Å². The maximum Gasteiger partial charge on any atom is 0.433 e. The van der Waals surface area contributed by atoms with Gasteiger partial charge in [-0.1, -0.05) is 11.8 Å². The smallest absolute Gasteiger partial charge is 0.397 e. The van der Waals surface area contributed by atoms with Gasteiger partial charge in [0.15, 0.2) is 10.9 Å². The summed E-state index contributed by atoms with van der Waals surface area (Å²) in [6, 6.07) is 2.57. The number of nitrogens with two attached hydrogens (primary N) is 2. The molecule has 3 rings (SSSR count). The van der Waals surface area contributed by atoms with Crippen LogP contribution in [-0.2, 0) is 6.18 Å². The monoisotopic (exact) mass is 385 g/mol. The van der Waals surface area contributed by atoms with Crippen LogP contribution in [0.2, 0.25) is 0 Å². The number of aryl methyl sites for hydroxylation is 1. The molecular formula is C15H14F3N5S2. The molecule has 5 nitrogen and oxygen atoms in total. The predicted molar refractivity (Wildman–Crippen MR) is 94.5 cm³/mol. The number of anilines is 2. The van der Waals surface area contributed by atoms with E-state index in [-0.39, 0.29) is 16.2 Å². The molecule has 1 atom stereocenters. The van der Waals surface area contributed by atoms with Crippen molar-refractivity contribution in [2.75, 3.05) is 11.5 Å². The molecule has 0 aliphatic rings. The average Bonchev–Trinajstić information content (AvgIpc) is 2.80. The second kappa shape index (κ2) is 6.34. The third-order valence-electron chi connectivity index (χ3n) is 3.54. The van der Waals surface area contributed by atoms with Gasteiger partial charge in [0.05, 0.1) is 21.3 Å². The highest BCUT2D eigenvalue weighted by Crippen LogP contribution is 2.38. The van der Waals surface area contributed by atoms with Gasteiger partial charge in [-0.25, -0.2) is 9.97 Å². The van der Waals surface area contributed by atoms with Gasteiger partial charge < -0.3 is 11.5 Å². The second-order valence-corrected chi connectivity index (χ2v) is 7.96. The molecule has 3 aromatic heterocycles. The van der Waals surface area contributed by atoms with Crippen LogP contribution in [0.4, 0.5) is 24.7 Å². The normalized spacial score (nSPS) is 13.3. The van der Waals surface area contributed by atoms with E-state index in [2.05, 4.69) is 15.0 Å². The van der Waals surface area contributed by atoms with Gasteiger partial charge in [0.25, 0.3) is 0 Å². The van der Waals surface area contributed by atoms with Gasteiger partial charge in [0.1, 0.15) is 5.82 Å². The van der Waals surface area contributed by atoms with Gasteiger partial charge in [0.2, 0.25) is 0 Å². The summed E-state index contributed by atoms with van der Waals surface area (Å²) in [7, 11) is 0. The van der Waals surface area contributed by atoms with E-state index in [1.54, 1.807) is 17.5 Å². The average molecular weight is 385 g/mol. The zero-order chi connectivity index (χ0) is 18.4. The molecule has 0 saturated carbocycles. The summed E-state index contributed by atoms with van der Waals surface area (Å²) in [5, 5.41) is 0.576. The maximum atomic E-state index is 12.8. The molecule has 0 aliphatic carbocycles. The van der Waals surface area contributed by atoms with Gasteiger partial charge >= 0.3 is 6.18 Å². The van der Waals surface area contributed by atoms with Crippen molar-refractivity contribution in [3.63, 3.8) is 0 Å². The van der Waals surface area contributed by atoms with E-state index in [1.807, 2.05) is 19.9 Å². The van der Waals surface area contributed by atoms with Crippen LogP contribution in [0.5, 0.6) is 0 Å². The molecule has 0 bridgehead atoms. The van der Waals surface area contributed by atoms with E-state index in [4.69, 9.17) is 11.5 Å². The third kappa shape index (κ3) is 3.64. The van der Waals surface area contributed by atoms with Crippen molar-refractivity contribution in [3.8, 4) is 0 Å². The van der Waals surface area contributed by atoms with Gasteiger partial charge in [0, 0.05) is 22.5 Å². The zero-order valence-corrected chi connectivity index (χ0v) is 14.9. The van der Waals surface area contributed by atoms with Gasteiger partial charge in [-0.2, -0.15) is 13.2 Å². The molecular weight excluding hydrogens is 371 g/mol. The van der Waals surface area contributed by atoms with Crippen LogP contribution in [0.25, 0.3) is 10.1 Å². The van der Waals surface area contributed by atoms with Crippen LogP contribution >= 0.6 is 23.1 Å². The van der Waals surface area contributed by atoms with Crippen LogP contribution < -0.4 is 11.5 Å². The molecule has 0 saturated heterocycles. The lowest BCUT2D eigenvalue weighted by Gasteiger charge is -2.12. The van der Waals surface area contributed by atoms with E-state index in [0.29, 0.717) is 17.4 Å². The second-order valence-electron chi connectivity index (χ2n) is 5.40. The van der Waals surface area contributed by atoms with Crippen molar-refractivity contribution >= 4 is 44.7 Å². The van der Waals surface area contributed by atoms with E-state index < -0.39 is 11.9 Å². The number of hydrogen-bond donors (Lipinski definition) is 2. The Labute approximate surface area is 149 Å². The Morgan fingerprint density at radius 1 is 1.20 bits per heavy atom. The molecule has 3 heterocycles. The Hall–Kier alpha value is -2.07. The molecule has 0 radical (unpaired) electrons. The Balaban J connectivity index is 1.91. The largest absolute Gasteiger partial charge is 0.433 e. The quantitative estimate of drug-likeness (QED) is 0.512. The highest BCUT2D eigenvalue weighted by Gasteiger charge is 2.33. The summed E-state index contributed by atoms with van der Waals surface area (Å²) >= 11 is 2.61. The van der Waals surface area contributed by atoms with Crippen molar-refractivity contribution in [3.05, 3.63) is 34.6 Å². The predicted octanol–water partition coefficient (Wildman–Crippen LogP) is 4.43. The van der Waals surface area contributed by atoms with E-state index in [1.165, 1.54) is 0 Å². The summed E-state index contributed by atoms with van der Waals surface area (Å²) in [5.74, 6) is -0.224. The summed E-state index contributed by atoms with van der Waals surface area (Å²) < 4.78 is 39.5. The number of thiophene rings is 1. The molecule has 10 heteroatoms. The molecule has 0 aliphatic heterocycles. The first-order chi connectivity index (χ1) is 11.6. The maximum absolute atomic E-state index is 12.8. The van der Waals surface area contributed by atoms with Gasteiger partial charge in [-0.15, -0.1) is 11.3 Å². The van der Waals surface area contributed by atoms with E-state index >= 15 is 0 Å². The van der Waals surface area contributed by atoms with Crippen molar-refractivity contribution < 1.29 is 13.2 Å². The SMILES string of the molecule is Cc1sc2cnc(C(C)Sc3nc(N)cc(C(F)(F)F)n3)cc2c1N. The highest BCUT2D eigenvalue weighted by atomic mass is 32.2. The Kier molecular flexibility index (Phi) is 4.50. The molecule has 0 aromatic carbocycles. The Bertz CT molecular complexity index is 939. The fraction of sp³-hybridized carbons (Fsp3) is 0.267. The lowest BCUT2D eigenvalue weighted by molar-refractivity contribution is -0.141. The minimum absolute atomic E-state index is 0.0452. The van der Waals surface area contributed by atoms with Crippen LogP contribution in [0.3, 0.4) is 0 Å². The first kappa shape index (κ1) is 17.7. The molecule has 4 N–H and O–H groups in total. The molecule has 25 heavy (non-hydrogen) atoms. The fourth-order valence-corrected chi connectivity index (χ4v) is 4.05. The Morgan fingerprint density at radius 2 is 1.92 bits per heavy atom. The van der Waals surface area contributed by atoms with Crippen LogP contribution in [0.15, 0.2) is 23.5 Å². The minimum atomic E-state index is -4.57. The number of pyridine rings is 1. The number of hydrogen-bond acceptors (Lipinski definition) is 7. The zero-order valence-electron chi connectivity index (χ0n) is 13.3. The molecule has 0 spiro atoms. The topological polar surface area (TPSA) is 90.7 Å². The number of alkyl halides is 3. The number of aromatic nitrogens is 3. The number of fused-ring (bicyclic) bond motifs is 1. The molecule has 0 fully saturated rings. The lowest BCUT2D eigenvalue weighted by Crippen LogP contribution is -2.11. The van der Waals surface area contributed by atoms with Crippen molar-refractivity contribution in [1.29, 1.82) is 0 Å². The minimum Gasteiger partial charge on any atom is -0.397 e. The number of halogens is 3. The Morgan fingerprint density at radius 3 is 2.60 bits per heavy atom. The standard InChI is InChI=1S/C15H14F3N5S2/c1-6(9-3-8-10(5-21-9)24-7(2)13(8)20)25-14-22-11(15(16,17)18)4-12(19)23-14/h3-6H,20H2,1-2H3,(H2,19,22,23). The van der Waals surface area contributed by atoms with Crippen molar-refractivity contribution in [2.24, 2.45) is 0 Å².